The van der Waals surface area contributed by atoms with Gasteiger partial charge in [-0.15, -0.1) is 0 Å². The van der Waals surface area contributed by atoms with E-state index in [9.17, 15) is 4.39 Å². The summed E-state index contributed by atoms with van der Waals surface area (Å²) in [5, 5.41) is 7.33. The fourth-order valence-corrected chi connectivity index (χ4v) is 3.29. The van der Waals surface area contributed by atoms with E-state index in [4.69, 9.17) is 4.74 Å². The summed E-state index contributed by atoms with van der Waals surface area (Å²) in [7, 11) is 1.73. The molecule has 1 aromatic rings. The third-order valence-electron chi connectivity index (χ3n) is 4.45. The van der Waals surface area contributed by atoms with Crippen LogP contribution >= 0.6 is 0 Å². The first-order valence-corrected chi connectivity index (χ1v) is 6.88. The molecule has 1 saturated carbocycles. The zero-order valence-corrected chi connectivity index (χ0v) is 11.4. The van der Waals surface area contributed by atoms with Crippen molar-refractivity contribution in [2.45, 2.75) is 13.3 Å². The van der Waals surface area contributed by atoms with Crippen molar-refractivity contribution in [1.82, 2.24) is 15.1 Å². The van der Waals surface area contributed by atoms with E-state index in [2.05, 4.69) is 10.4 Å². The van der Waals surface area contributed by atoms with Crippen molar-refractivity contribution in [3.8, 4) is 0 Å². The van der Waals surface area contributed by atoms with E-state index < -0.39 is 0 Å². The molecule has 104 valence electrons. The Bertz CT molecular complexity index is 463. The molecule has 0 radical (unpaired) electrons. The number of halogens is 1. The summed E-state index contributed by atoms with van der Waals surface area (Å²) in [6, 6.07) is 0. The molecule has 2 bridgehead atoms. The number of hydrogen-bond donors (Lipinski definition) is 1. The summed E-state index contributed by atoms with van der Waals surface area (Å²) in [5.74, 6) is 2.34. The molecule has 3 atom stereocenters. The van der Waals surface area contributed by atoms with Crippen molar-refractivity contribution < 1.29 is 9.13 Å². The maximum atomic E-state index is 13.7. The number of fused-ring (bicyclic) bond motifs is 2. The predicted molar refractivity (Wildman–Crippen MR) is 70.7 cm³/mol. The molecular formula is C14H20FN3O. The van der Waals surface area contributed by atoms with Gasteiger partial charge in [-0.25, -0.2) is 4.39 Å². The Labute approximate surface area is 112 Å². The summed E-state index contributed by atoms with van der Waals surface area (Å²) in [6.07, 6.45) is 4.35. The van der Waals surface area contributed by atoms with E-state index in [1.54, 1.807) is 7.05 Å². The lowest BCUT2D eigenvalue weighted by Crippen LogP contribution is -2.54. The van der Waals surface area contributed by atoms with Crippen LogP contribution in [0.4, 0.5) is 4.39 Å². The molecule has 1 aromatic heterocycles. The van der Waals surface area contributed by atoms with Crippen LogP contribution in [0.5, 0.6) is 0 Å². The van der Waals surface area contributed by atoms with Crippen LogP contribution < -0.4 is 5.32 Å². The van der Waals surface area contributed by atoms with Gasteiger partial charge in [-0.1, -0.05) is 0 Å². The van der Waals surface area contributed by atoms with Crippen LogP contribution in [-0.4, -0.2) is 29.5 Å². The zero-order valence-electron chi connectivity index (χ0n) is 11.4. The van der Waals surface area contributed by atoms with Gasteiger partial charge in [0.2, 0.25) is 0 Å². The number of allylic oxidation sites excluding steroid dienone is 1. The molecule has 0 amide bonds. The molecule has 1 unspecified atom stereocenters. The van der Waals surface area contributed by atoms with E-state index in [-0.39, 0.29) is 5.82 Å². The van der Waals surface area contributed by atoms with Crippen LogP contribution in [0.15, 0.2) is 12.3 Å². The minimum Gasteiger partial charge on any atom is -0.491 e. The predicted octanol–water partition coefficient (Wildman–Crippen LogP) is 1.79. The molecule has 19 heavy (non-hydrogen) atoms. The number of ether oxygens (including phenoxy) is 1. The van der Waals surface area contributed by atoms with Crippen LogP contribution in [0.25, 0.3) is 5.76 Å². The van der Waals surface area contributed by atoms with E-state index in [0.717, 1.165) is 24.9 Å². The first-order valence-electron chi connectivity index (χ1n) is 6.88. The fraction of sp³-hybridized carbons (Fsp3) is 0.643. The van der Waals surface area contributed by atoms with Gasteiger partial charge >= 0.3 is 0 Å². The van der Waals surface area contributed by atoms with Crippen molar-refractivity contribution >= 4 is 5.76 Å². The molecule has 0 spiro atoms. The normalized spacial score (nSPS) is 30.1. The van der Waals surface area contributed by atoms with Crippen molar-refractivity contribution in [2.24, 2.45) is 24.8 Å². The number of rotatable bonds is 4. The van der Waals surface area contributed by atoms with E-state index >= 15 is 0 Å². The molecule has 2 heterocycles. The molecule has 0 aromatic carbocycles. The zero-order chi connectivity index (χ0) is 13.4. The van der Waals surface area contributed by atoms with Crippen molar-refractivity contribution in [3.05, 3.63) is 23.8 Å². The minimum atomic E-state index is -0.328. The van der Waals surface area contributed by atoms with Crippen molar-refractivity contribution in [2.75, 3.05) is 19.7 Å². The summed E-state index contributed by atoms with van der Waals surface area (Å²) in [5.41, 5.74) is 0.435. The standard InChI is InChI=1S/C14H20FN3O/c1-3-13(14-12(15)7-17-18(14)2)19-8-11-9-4-10(11)6-16-5-9/h3,7,9-11,16H,4-6,8H2,1-2H3/b13-3+/t9-,10+,11?. The fourth-order valence-electron chi connectivity index (χ4n) is 3.29. The number of aryl methyl sites for hydroxylation is 1. The molecule has 1 aliphatic heterocycles. The van der Waals surface area contributed by atoms with Crippen LogP contribution in [-0.2, 0) is 11.8 Å². The molecule has 1 aliphatic carbocycles. The average Bonchev–Trinajstić information content (AvgIpc) is 2.75. The molecule has 2 aliphatic rings. The Hall–Kier alpha value is -1.36. The maximum absolute atomic E-state index is 13.7. The Balaban J connectivity index is 1.65. The summed E-state index contributed by atoms with van der Waals surface area (Å²) >= 11 is 0. The average molecular weight is 265 g/mol. The van der Waals surface area contributed by atoms with Gasteiger partial charge in [-0.2, -0.15) is 5.10 Å². The van der Waals surface area contributed by atoms with Crippen molar-refractivity contribution in [3.63, 3.8) is 0 Å². The molecular weight excluding hydrogens is 245 g/mol. The molecule has 1 saturated heterocycles. The Morgan fingerprint density at radius 3 is 2.84 bits per heavy atom. The highest BCUT2D eigenvalue weighted by Crippen LogP contribution is 2.43. The van der Waals surface area contributed by atoms with Crippen LogP contribution in [0.2, 0.25) is 0 Å². The Morgan fingerprint density at radius 2 is 2.32 bits per heavy atom. The summed E-state index contributed by atoms with van der Waals surface area (Å²) in [6.45, 7) is 4.73. The third-order valence-corrected chi connectivity index (χ3v) is 4.45. The van der Waals surface area contributed by atoms with E-state index in [1.165, 1.54) is 17.3 Å². The smallest absolute Gasteiger partial charge is 0.172 e. The first kappa shape index (κ1) is 12.7. The topological polar surface area (TPSA) is 39.1 Å². The Kier molecular flexibility index (Phi) is 3.31. The van der Waals surface area contributed by atoms with Crippen LogP contribution in [0, 0.1) is 23.6 Å². The third kappa shape index (κ3) is 2.16. The highest BCUT2D eigenvalue weighted by atomic mass is 19.1. The van der Waals surface area contributed by atoms with Crippen molar-refractivity contribution in [1.29, 1.82) is 0 Å². The van der Waals surface area contributed by atoms with Gasteiger partial charge in [0, 0.05) is 13.0 Å². The second kappa shape index (κ2) is 4.96. The van der Waals surface area contributed by atoms with Gasteiger partial charge in [0.25, 0.3) is 0 Å². The second-order valence-corrected chi connectivity index (χ2v) is 5.51. The molecule has 1 N–H and O–H groups in total. The molecule has 5 heteroatoms. The highest BCUT2D eigenvalue weighted by molar-refractivity contribution is 5.56. The van der Waals surface area contributed by atoms with E-state index in [0.29, 0.717) is 24.0 Å². The monoisotopic (exact) mass is 265 g/mol. The van der Waals surface area contributed by atoms with Crippen LogP contribution in [0.1, 0.15) is 19.0 Å². The molecule has 3 rings (SSSR count). The number of nitrogens with one attached hydrogen (secondary N) is 1. The van der Waals surface area contributed by atoms with Gasteiger partial charge in [0.15, 0.2) is 5.82 Å². The number of hydrogen-bond acceptors (Lipinski definition) is 3. The number of piperidine rings is 2. The highest BCUT2D eigenvalue weighted by Gasteiger charge is 2.44. The Morgan fingerprint density at radius 1 is 1.58 bits per heavy atom. The van der Waals surface area contributed by atoms with Gasteiger partial charge in [0.1, 0.15) is 11.5 Å². The lowest BCUT2D eigenvalue weighted by Gasteiger charge is -2.49. The summed E-state index contributed by atoms with van der Waals surface area (Å²) < 4.78 is 21.1. The number of aromatic nitrogens is 2. The van der Waals surface area contributed by atoms with Gasteiger partial charge in [-0.05, 0) is 44.3 Å². The largest absolute Gasteiger partial charge is 0.491 e. The van der Waals surface area contributed by atoms with Gasteiger partial charge in [0.05, 0.1) is 12.8 Å². The summed E-state index contributed by atoms with van der Waals surface area (Å²) in [4.78, 5) is 0. The minimum absolute atomic E-state index is 0.328. The lowest BCUT2D eigenvalue weighted by atomic mass is 9.62. The quantitative estimate of drug-likeness (QED) is 0.844. The SMILES string of the molecule is C/C=C(/OCC1[C@@H]2CNC[C@H]1C2)c1c(F)cnn1C. The van der Waals surface area contributed by atoms with Crippen LogP contribution in [0.3, 0.4) is 0 Å². The molecule has 2 fully saturated rings. The van der Waals surface area contributed by atoms with Gasteiger partial charge in [-0.3, -0.25) is 4.68 Å². The first-order chi connectivity index (χ1) is 9.20. The van der Waals surface area contributed by atoms with Gasteiger partial charge < -0.3 is 10.1 Å². The second-order valence-electron chi connectivity index (χ2n) is 5.51. The lowest BCUT2D eigenvalue weighted by molar-refractivity contribution is -0.00997. The number of nitrogens with zero attached hydrogens (tertiary/aromatic N) is 2. The maximum Gasteiger partial charge on any atom is 0.172 e. The molecule has 4 nitrogen and oxygen atoms in total. The van der Waals surface area contributed by atoms with E-state index in [1.807, 2.05) is 13.0 Å².